The SMILES string of the molecule is Cc1cccc(OCCOC(=O)[C@@H]2CCCN2C2=NS(=O)(=O)c3ccccc32)c1. The zero-order valence-electron chi connectivity index (χ0n) is 16.1. The lowest BCUT2D eigenvalue weighted by Crippen LogP contribution is -2.41. The lowest BCUT2D eigenvalue weighted by Gasteiger charge is -2.25. The largest absolute Gasteiger partial charge is 0.490 e. The number of hydrogen-bond donors (Lipinski definition) is 0. The normalized spacial score (nSPS) is 19.6. The molecule has 1 saturated heterocycles. The maximum absolute atomic E-state index is 12.6. The van der Waals surface area contributed by atoms with E-state index in [0.29, 0.717) is 24.4 Å². The molecular weight excluding hydrogens is 392 g/mol. The molecule has 8 heteroatoms. The standard InChI is InChI=1S/C21H22N2O5S/c1-15-6-4-7-16(14-15)27-12-13-28-21(24)18-9-5-11-23(18)20-17-8-2-3-10-19(17)29(25,26)22-20/h2-4,6-8,10,14,18H,5,9,11-13H2,1H3/t18-/m0/s1. The number of carbonyl (C=O) groups is 1. The molecular formula is C21H22N2O5S. The number of likely N-dealkylation sites (tertiary alicyclic amines) is 1. The molecule has 0 saturated carbocycles. The Labute approximate surface area is 170 Å². The maximum atomic E-state index is 12.6. The molecule has 1 fully saturated rings. The van der Waals surface area contributed by atoms with Gasteiger partial charge in [-0.2, -0.15) is 8.42 Å². The molecule has 2 aromatic rings. The Balaban J connectivity index is 1.39. The van der Waals surface area contributed by atoms with Crippen LogP contribution < -0.4 is 4.74 Å². The first kappa shape index (κ1) is 19.4. The number of fused-ring (bicyclic) bond motifs is 1. The van der Waals surface area contributed by atoms with Crippen molar-refractivity contribution in [3.63, 3.8) is 0 Å². The molecule has 29 heavy (non-hydrogen) atoms. The van der Waals surface area contributed by atoms with Gasteiger partial charge >= 0.3 is 5.97 Å². The highest BCUT2D eigenvalue weighted by atomic mass is 32.2. The van der Waals surface area contributed by atoms with E-state index in [-0.39, 0.29) is 24.1 Å². The molecule has 0 spiro atoms. The summed E-state index contributed by atoms with van der Waals surface area (Å²) in [5, 5.41) is 0. The lowest BCUT2D eigenvalue weighted by atomic mass is 10.1. The number of nitrogens with zero attached hydrogens (tertiary/aromatic N) is 2. The van der Waals surface area contributed by atoms with Crippen molar-refractivity contribution in [3.8, 4) is 5.75 Å². The summed E-state index contributed by atoms with van der Waals surface area (Å²) in [7, 11) is -3.72. The summed E-state index contributed by atoms with van der Waals surface area (Å²) in [5.74, 6) is 0.668. The molecule has 152 valence electrons. The Hall–Kier alpha value is -2.87. The number of rotatable bonds is 5. The molecule has 2 aliphatic heterocycles. The van der Waals surface area contributed by atoms with Crippen molar-refractivity contribution in [2.75, 3.05) is 19.8 Å². The van der Waals surface area contributed by atoms with Crippen LogP contribution in [0.5, 0.6) is 5.75 Å². The van der Waals surface area contributed by atoms with Gasteiger partial charge in [0.05, 0.1) is 0 Å². The van der Waals surface area contributed by atoms with E-state index in [1.807, 2.05) is 31.2 Å². The molecule has 0 aliphatic carbocycles. The Kier molecular flexibility index (Phi) is 5.27. The molecule has 0 unspecified atom stereocenters. The van der Waals surface area contributed by atoms with Crippen molar-refractivity contribution in [2.24, 2.45) is 4.40 Å². The average molecular weight is 414 g/mol. The van der Waals surface area contributed by atoms with Gasteiger partial charge in [-0.05, 0) is 49.6 Å². The minimum atomic E-state index is -3.72. The third-order valence-electron chi connectivity index (χ3n) is 5.00. The van der Waals surface area contributed by atoms with Gasteiger partial charge in [0.15, 0.2) is 5.84 Å². The van der Waals surface area contributed by atoms with Crippen LogP contribution in [0.1, 0.15) is 24.0 Å². The molecule has 2 aromatic carbocycles. The van der Waals surface area contributed by atoms with Gasteiger partial charge in [0.2, 0.25) is 0 Å². The van der Waals surface area contributed by atoms with E-state index in [1.165, 1.54) is 6.07 Å². The van der Waals surface area contributed by atoms with E-state index in [9.17, 15) is 13.2 Å². The molecule has 0 amide bonds. The van der Waals surface area contributed by atoms with Crippen LogP contribution in [0.25, 0.3) is 0 Å². The maximum Gasteiger partial charge on any atom is 0.328 e. The van der Waals surface area contributed by atoms with Crippen LogP contribution in [0.4, 0.5) is 0 Å². The van der Waals surface area contributed by atoms with Crippen LogP contribution in [0.2, 0.25) is 0 Å². The average Bonchev–Trinajstić information content (AvgIpc) is 3.28. The zero-order valence-corrected chi connectivity index (χ0v) is 16.9. The third-order valence-corrected chi connectivity index (χ3v) is 6.32. The summed E-state index contributed by atoms with van der Waals surface area (Å²) >= 11 is 0. The minimum Gasteiger partial charge on any atom is -0.490 e. The highest BCUT2D eigenvalue weighted by Crippen LogP contribution is 2.31. The van der Waals surface area contributed by atoms with Crippen LogP contribution in [-0.2, 0) is 19.6 Å². The van der Waals surface area contributed by atoms with Crippen molar-refractivity contribution >= 4 is 21.8 Å². The smallest absolute Gasteiger partial charge is 0.328 e. The Bertz CT molecular complexity index is 1060. The number of ether oxygens (including phenoxy) is 2. The lowest BCUT2D eigenvalue weighted by molar-refractivity contribution is -0.148. The van der Waals surface area contributed by atoms with Crippen LogP contribution >= 0.6 is 0 Å². The first-order valence-electron chi connectivity index (χ1n) is 9.53. The fourth-order valence-electron chi connectivity index (χ4n) is 3.66. The van der Waals surface area contributed by atoms with Crippen molar-refractivity contribution in [1.82, 2.24) is 4.90 Å². The second-order valence-corrected chi connectivity index (χ2v) is 8.64. The number of carbonyl (C=O) groups excluding carboxylic acids is 1. The van der Waals surface area contributed by atoms with Crippen molar-refractivity contribution in [2.45, 2.75) is 30.7 Å². The molecule has 0 aromatic heterocycles. The molecule has 7 nitrogen and oxygen atoms in total. The summed E-state index contributed by atoms with van der Waals surface area (Å²) in [5.41, 5.74) is 1.63. The molecule has 0 N–H and O–H groups in total. The Morgan fingerprint density at radius 2 is 2.00 bits per heavy atom. The van der Waals surface area contributed by atoms with Gasteiger partial charge in [-0.15, -0.1) is 4.40 Å². The van der Waals surface area contributed by atoms with Gasteiger partial charge in [0, 0.05) is 12.1 Å². The number of benzene rings is 2. The molecule has 2 aliphatic rings. The summed E-state index contributed by atoms with van der Waals surface area (Å²) in [6.07, 6.45) is 1.36. The molecule has 1 atom stereocenters. The highest BCUT2D eigenvalue weighted by Gasteiger charge is 2.39. The van der Waals surface area contributed by atoms with Crippen LogP contribution in [0, 0.1) is 6.92 Å². The minimum absolute atomic E-state index is 0.123. The zero-order chi connectivity index (χ0) is 20.4. The van der Waals surface area contributed by atoms with Crippen molar-refractivity contribution < 1.29 is 22.7 Å². The van der Waals surface area contributed by atoms with Crippen molar-refractivity contribution in [3.05, 3.63) is 59.7 Å². The van der Waals surface area contributed by atoms with Gasteiger partial charge in [0.1, 0.15) is 29.9 Å². The van der Waals surface area contributed by atoms with Crippen LogP contribution in [0.15, 0.2) is 57.8 Å². The van der Waals surface area contributed by atoms with E-state index >= 15 is 0 Å². The van der Waals surface area contributed by atoms with Crippen molar-refractivity contribution in [1.29, 1.82) is 0 Å². The topological polar surface area (TPSA) is 85.3 Å². The fourth-order valence-corrected chi connectivity index (χ4v) is 4.88. The van der Waals surface area contributed by atoms with Gasteiger partial charge in [0.25, 0.3) is 10.0 Å². The van der Waals surface area contributed by atoms with Gasteiger partial charge in [-0.3, -0.25) is 0 Å². The number of esters is 1. The van der Waals surface area contributed by atoms with E-state index in [0.717, 1.165) is 17.7 Å². The number of hydrogen-bond acceptors (Lipinski definition) is 6. The number of aryl methyl sites for hydroxylation is 1. The quantitative estimate of drug-likeness (QED) is 0.552. The van der Waals surface area contributed by atoms with Crippen LogP contribution in [0.3, 0.4) is 0 Å². The molecule has 0 radical (unpaired) electrons. The fraction of sp³-hybridized carbons (Fsp3) is 0.333. The second kappa shape index (κ2) is 7.87. The van der Waals surface area contributed by atoms with Gasteiger partial charge in [-0.25, -0.2) is 4.79 Å². The summed E-state index contributed by atoms with van der Waals surface area (Å²) < 4.78 is 39.6. The molecule has 0 bridgehead atoms. The van der Waals surface area contributed by atoms with E-state index < -0.39 is 16.1 Å². The number of sulfonamides is 1. The van der Waals surface area contributed by atoms with E-state index in [4.69, 9.17) is 9.47 Å². The molecule has 4 rings (SSSR count). The van der Waals surface area contributed by atoms with Crippen LogP contribution in [-0.4, -0.2) is 50.9 Å². The predicted octanol–water partition coefficient (Wildman–Crippen LogP) is 2.53. The monoisotopic (exact) mass is 414 g/mol. The highest BCUT2D eigenvalue weighted by molar-refractivity contribution is 7.90. The third kappa shape index (κ3) is 3.98. The molecule has 2 heterocycles. The summed E-state index contributed by atoms with van der Waals surface area (Å²) in [6, 6.07) is 13.8. The summed E-state index contributed by atoms with van der Waals surface area (Å²) in [4.78, 5) is 14.6. The summed E-state index contributed by atoms with van der Waals surface area (Å²) in [6.45, 7) is 2.91. The van der Waals surface area contributed by atoms with E-state index in [1.54, 1.807) is 23.1 Å². The predicted molar refractivity (Wildman–Crippen MR) is 108 cm³/mol. The Morgan fingerprint density at radius 1 is 1.17 bits per heavy atom. The van der Waals surface area contributed by atoms with Gasteiger partial charge in [-0.1, -0.05) is 24.3 Å². The second-order valence-electron chi connectivity index (χ2n) is 7.07. The first-order chi connectivity index (χ1) is 14.0. The first-order valence-corrected chi connectivity index (χ1v) is 11.0. The van der Waals surface area contributed by atoms with E-state index in [2.05, 4.69) is 4.40 Å². The Morgan fingerprint density at radius 3 is 2.83 bits per heavy atom. The number of amidine groups is 1. The van der Waals surface area contributed by atoms with Gasteiger partial charge < -0.3 is 14.4 Å².